The van der Waals surface area contributed by atoms with E-state index in [-0.39, 0.29) is 0 Å². The van der Waals surface area contributed by atoms with Crippen LogP contribution >= 0.6 is 18.5 Å². The molecule has 0 saturated heterocycles. The average Bonchev–Trinajstić information content (AvgIpc) is 2.59. The molecule has 2 aliphatic rings. The molecule has 2 rings (SSSR count). The van der Waals surface area contributed by atoms with Crippen molar-refractivity contribution in [1.82, 2.24) is 0 Å². The van der Waals surface area contributed by atoms with E-state index in [2.05, 4.69) is 42.8 Å². The zero-order valence-corrected chi connectivity index (χ0v) is 9.19. The Hall–Kier alpha value is -0.180. The molecular formula is C10H12P2. The lowest BCUT2D eigenvalue weighted by molar-refractivity contribution is 1.37. The van der Waals surface area contributed by atoms with Crippen molar-refractivity contribution in [2.75, 3.05) is 0 Å². The highest BCUT2D eigenvalue weighted by atomic mass is 31.0. The third-order valence-corrected chi connectivity index (χ3v) is 3.32. The Morgan fingerprint density at radius 3 is 1.50 bits per heavy atom. The van der Waals surface area contributed by atoms with Crippen molar-refractivity contribution >= 4 is 18.5 Å². The summed E-state index contributed by atoms with van der Waals surface area (Å²) in [6, 6.07) is 0. The molecule has 0 heterocycles. The first-order chi connectivity index (χ1) is 5.79. The van der Waals surface area contributed by atoms with Gasteiger partial charge in [0.2, 0.25) is 0 Å². The highest BCUT2D eigenvalue weighted by Gasteiger charge is 2.12. The lowest BCUT2D eigenvalue weighted by Crippen LogP contribution is -1.81. The smallest absolute Gasteiger partial charge is 0.00887 e. The van der Waals surface area contributed by atoms with Gasteiger partial charge in [-0.2, -0.15) is 0 Å². The molecule has 0 aromatic heterocycles. The molecule has 0 radical (unpaired) electrons. The molecule has 0 aliphatic heterocycles. The Morgan fingerprint density at radius 2 is 1.25 bits per heavy atom. The monoisotopic (exact) mass is 194 g/mol. The molecule has 2 atom stereocenters. The lowest BCUT2D eigenvalue weighted by atomic mass is 10.1. The number of hydrogen-bond donors (Lipinski definition) is 0. The first-order valence-corrected chi connectivity index (χ1v) is 5.25. The van der Waals surface area contributed by atoms with Crippen LogP contribution in [0.15, 0.2) is 46.1 Å². The van der Waals surface area contributed by atoms with Gasteiger partial charge in [0.1, 0.15) is 0 Å². The summed E-state index contributed by atoms with van der Waals surface area (Å²) >= 11 is 0. The van der Waals surface area contributed by atoms with Crippen molar-refractivity contribution in [3.05, 3.63) is 46.1 Å². The van der Waals surface area contributed by atoms with E-state index in [0.717, 1.165) is 12.8 Å². The molecule has 2 heteroatoms. The second kappa shape index (κ2) is 3.29. The number of hydrogen-bond acceptors (Lipinski definition) is 0. The van der Waals surface area contributed by atoms with Crippen molar-refractivity contribution in [2.24, 2.45) is 0 Å². The zero-order valence-electron chi connectivity index (χ0n) is 6.88. The summed E-state index contributed by atoms with van der Waals surface area (Å²) in [7, 11) is 5.64. The van der Waals surface area contributed by atoms with Crippen LogP contribution in [0.25, 0.3) is 0 Å². The second-order valence-electron chi connectivity index (χ2n) is 3.09. The van der Waals surface area contributed by atoms with Gasteiger partial charge in [0.15, 0.2) is 0 Å². The molecule has 12 heavy (non-hydrogen) atoms. The Morgan fingerprint density at radius 1 is 0.833 bits per heavy atom. The topological polar surface area (TPSA) is 0 Å². The van der Waals surface area contributed by atoms with Crippen LogP contribution in [0.4, 0.5) is 0 Å². The molecule has 2 aliphatic carbocycles. The van der Waals surface area contributed by atoms with Gasteiger partial charge >= 0.3 is 0 Å². The Balaban J connectivity index is 2.42. The summed E-state index contributed by atoms with van der Waals surface area (Å²) in [5.74, 6) is 0. The average molecular weight is 194 g/mol. The van der Waals surface area contributed by atoms with Crippen LogP contribution in [0.2, 0.25) is 0 Å². The number of rotatable bonds is 1. The molecule has 0 spiro atoms. The maximum absolute atomic E-state index is 2.82. The van der Waals surface area contributed by atoms with E-state index in [1.54, 1.807) is 0 Å². The third-order valence-electron chi connectivity index (χ3n) is 2.23. The zero-order chi connectivity index (χ0) is 8.55. The van der Waals surface area contributed by atoms with Gasteiger partial charge in [-0.3, -0.25) is 0 Å². The fourth-order valence-electron chi connectivity index (χ4n) is 1.57. The van der Waals surface area contributed by atoms with E-state index in [1.807, 2.05) is 0 Å². The standard InChI is InChI=1S/C10H12P2/c11-9-5-1-3-7(9)8-4-2-6-10(8)12/h1-4H,5-6,11-12H2. The Kier molecular flexibility index (Phi) is 2.31. The molecule has 0 aromatic carbocycles. The van der Waals surface area contributed by atoms with Crippen LogP contribution < -0.4 is 0 Å². The normalized spacial score (nSPS) is 21.8. The van der Waals surface area contributed by atoms with Crippen molar-refractivity contribution in [3.63, 3.8) is 0 Å². The largest absolute Gasteiger partial charge is 0.109 e. The van der Waals surface area contributed by atoms with Gasteiger partial charge in [-0.1, -0.05) is 24.3 Å². The minimum absolute atomic E-state index is 1.09. The fraction of sp³-hybridized carbons (Fsp3) is 0.200. The fourth-order valence-corrected chi connectivity index (χ4v) is 2.34. The van der Waals surface area contributed by atoms with Gasteiger partial charge in [0.25, 0.3) is 0 Å². The minimum Gasteiger partial charge on any atom is -0.109 e. The van der Waals surface area contributed by atoms with Crippen LogP contribution in [0.5, 0.6) is 0 Å². The summed E-state index contributed by atoms with van der Waals surface area (Å²) in [5, 5.41) is 2.83. The molecule has 0 nitrogen and oxygen atoms in total. The maximum atomic E-state index is 2.82. The van der Waals surface area contributed by atoms with E-state index < -0.39 is 0 Å². The first-order valence-electron chi connectivity index (χ1n) is 4.09. The van der Waals surface area contributed by atoms with Crippen LogP contribution in [-0.4, -0.2) is 0 Å². The molecule has 0 fully saturated rings. The van der Waals surface area contributed by atoms with Gasteiger partial charge in [-0.25, -0.2) is 0 Å². The van der Waals surface area contributed by atoms with Gasteiger partial charge in [-0.15, -0.1) is 18.5 Å². The van der Waals surface area contributed by atoms with E-state index >= 15 is 0 Å². The molecule has 0 aromatic rings. The maximum Gasteiger partial charge on any atom is -0.00887 e. The quantitative estimate of drug-likeness (QED) is 0.562. The molecule has 0 saturated carbocycles. The van der Waals surface area contributed by atoms with Crippen LogP contribution in [0.3, 0.4) is 0 Å². The molecule has 0 amide bonds. The Labute approximate surface area is 77.9 Å². The van der Waals surface area contributed by atoms with E-state index in [0.29, 0.717) is 0 Å². The first kappa shape index (κ1) is 8.42. The molecule has 2 unspecified atom stereocenters. The van der Waals surface area contributed by atoms with Crippen LogP contribution in [0, 0.1) is 0 Å². The summed E-state index contributed by atoms with van der Waals surface area (Å²) in [6.45, 7) is 0. The predicted octanol–water partition coefficient (Wildman–Crippen LogP) is 3.16. The van der Waals surface area contributed by atoms with Gasteiger partial charge in [0, 0.05) is 0 Å². The SMILES string of the molecule is PC1=C(C2=C(P)CC=C2)C=CC1. The highest BCUT2D eigenvalue weighted by Crippen LogP contribution is 2.36. The van der Waals surface area contributed by atoms with Gasteiger partial charge < -0.3 is 0 Å². The summed E-state index contributed by atoms with van der Waals surface area (Å²) in [4.78, 5) is 0. The molecule has 0 bridgehead atoms. The van der Waals surface area contributed by atoms with E-state index in [4.69, 9.17) is 0 Å². The van der Waals surface area contributed by atoms with Gasteiger partial charge in [-0.05, 0) is 34.6 Å². The molecule has 0 N–H and O–H groups in total. The van der Waals surface area contributed by atoms with Gasteiger partial charge in [0.05, 0.1) is 0 Å². The molecular weight excluding hydrogens is 182 g/mol. The highest BCUT2D eigenvalue weighted by molar-refractivity contribution is 7.23. The summed E-state index contributed by atoms with van der Waals surface area (Å²) in [6.07, 6.45) is 11.1. The van der Waals surface area contributed by atoms with Crippen LogP contribution in [0.1, 0.15) is 12.8 Å². The summed E-state index contributed by atoms with van der Waals surface area (Å²) < 4.78 is 0. The lowest BCUT2D eigenvalue weighted by Gasteiger charge is -2.03. The second-order valence-corrected chi connectivity index (χ2v) is 4.48. The Bertz CT molecular complexity index is 296. The number of allylic oxidation sites excluding steroid dienone is 8. The minimum atomic E-state index is 1.09. The van der Waals surface area contributed by atoms with E-state index in [9.17, 15) is 0 Å². The van der Waals surface area contributed by atoms with Crippen molar-refractivity contribution < 1.29 is 0 Å². The van der Waals surface area contributed by atoms with Crippen LogP contribution in [-0.2, 0) is 0 Å². The van der Waals surface area contributed by atoms with Crippen molar-refractivity contribution in [1.29, 1.82) is 0 Å². The summed E-state index contributed by atoms with van der Waals surface area (Å²) in [5.41, 5.74) is 2.80. The predicted molar refractivity (Wildman–Crippen MR) is 61.0 cm³/mol. The molecule has 62 valence electrons. The van der Waals surface area contributed by atoms with E-state index in [1.165, 1.54) is 21.8 Å². The van der Waals surface area contributed by atoms with Crippen molar-refractivity contribution in [3.8, 4) is 0 Å². The van der Waals surface area contributed by atoms with Crippen molar-refractivity contribution in [2.45, 2.75) is 12.8 Å². The third kappa shape index (κ3) is 1.35.